The number of aliphatic imine (C=N–C) groups is 1. The zero-order chi connectivity index (χ0) is 31.3. The number of hydrogen-bond donors (Lipinski definition) is 4. The Morgan fingerprint density at radius 1 is 1.16 bits per heavy atom. The van der Waals surface area contributed by atoms with Gasteiger partial charge in [-0.3, -0.25) is 24.6 Å². The molecule has 0 bridgehead atoms. The molecule has 0 radical (unpaired) electrons. The number of anilines is 1. The first-order valence-electron chi connectivity index (χ1n) is 13.8. The Kier molecular flexibility index (Phi) is 9.34. The third-order valence-corrected chi connectivity index (χ3v) is 6.73. The summed E-state index contributed by atoms with van der Waals surface area (Å²) in [5.74, 6) is -1.88. The molecule has 0 atom stereocenters. The molecule has 228 valence electrons. The second-order valence-corrected chi connectivity index (χ2v) is 10.8. The molecule has 12 nitrogen and oxygen atoms in total. The number of ether oxygens (including phenoxy) is 1. The normalized spacial score (nSPS) is 14.1. The van der Waals surface area contributed by atoms with Crippen molar-refractivity contribution < 1.29 is 23.8 Å². The standard InChI is InChI=1S/C30H36FN7O5/c1-19-26(28(40)38(21-10-6-5-7-11-21)37(19)18-30(2,3)42)27(39)34-20-12-13-23(22(31)16-20)43-24(32)17-25(33-4)35-29(41)36-14-8-9-15-36/h5-7,10-13,16-17,42H,8-9,14-15,18,32H2,1-4H3,(H,34,39)(H,33,35,41). The number of likely N-dealkylation sites (tertiary alicyclic amines) is 1. The molecule has 4 rings (SSSR count). The lowest BCUT2D eigenvalue weighted by Crippen LogP contribution is -2.41. The van der Waals surface area contributed by atoms with Gasteiger partial charge in [0, 0.05) is 38.0 Å². The van der Waals surface area contributed by atoms with Crippen LogP contribution in [0, 0.1) is 12.7 Å². The van der Waals surface area contributed by atoms with E-state index in [0.717, 1.165) is 18.9 Å². The van der Waals surface area contributed by atoms with Gasteiger partial charge in [0.1, 0.15) is 11.4 Å². The van der Waals surface area contributed by atoms with E-state index in [-0.39, 0.29) is 41.3 Å². The Hall–Kier alpha value is -4.91. The molecule has 13 heteroatoms. The summed E-state index contributed by atoms with van der Waals surface area (Å²) in [6, 6.07) is 12.1. The number of nitrogens with one attached hydrogen (secondary N) is 2. The third kappa shape index (κ3) is 7.49. The number of para-hydroxylation sites is 1. The molecule has 0 saturated carbocycles. The number of urea groups is 1. The Labute approximate surface area is 248 Å². The first-order valence-corrected chi connectivity index (χ1v) is 13.8. The van der Waals surface area contributed by atoms with Crippen molar-refractivity contribution in [3.8, 4) is 11.4 Å². The highest BCUT2D eigenvalue weighted by Crippen LogP contribution is 2.23. The highest BCUT2D eigenvalue weighted by atomic mass is 19.1. The number of halogens is 1. The van der Waals surface area contributed by atoms with E-state index in [0.29, 0.717) is 24.5 Å². The van der Waals surface area contributed by atoms with Crippen LogP contribution in [0.3, 0.4) is 0 Å². The van der Waals surface area contributed by atoms with Crippen LogP contribution in [0.2, 0.25) is 0 Å². The highest BCUT2D eigenvalue weighted by Gasteiger charge is 2.27. The van der Waals surface area contributed by atoms with Gasteiger partial charge in [0.15, 0.2) is 17.4 Å². The molecule has 3 aromatic rings. The Morgan fingerprint density at radius 3 is 2.44 bits per heavy atom. The fraction of sp³-hybridized carbons (Fsp3) is 0.333. The molecular weight excluding hydrogens is 557 g/mol. The van der Waals surface area contributed by atoms with Crippen LogP contribution in [-0.4, -0.2) is 62.9 Å². The lowest BCUT2D eigenvalue weighted by Gasteiger charge is -2.22. The number of carbonyl (C=O) groups excluding carboxylic acids is 2. The molecule has 43 heavy (non-hydrogen) atoms. The number of rotatable bonds is 8. The molecule has 3 amide bonds. The van der Waals surface area contributed by atoms with Gasteiger partial charge in [-0.1, -0.05) is 18.2 Å². The summed E-state index contributed by atoms with van der Waals surface area (Å²) in [6.07, 6.45) is 3.13. The molecule has 0 unspecified atom stereocenters. The van der Waals surface area contributed by atoms with E-state index < -0.39 is 22.9 Å². The van der Waals surface area contributed by atoms with E-state index in [1.54, 1.807) is 60.7 Å². The van der Waals surface area contributed by atoms with Crippen molar-refractivity contribution in [1.29, 1.82) is 0 Å². The van der Waals surface area contributed by atoms with E-state index in [1.807, 2.05) is 0 Å². The van der Waals surface area contributed by atoms with E-state index in [9.17, 15) is 23.9 Å². The van der Waals surface area contributed by atoms with Crippen LogP contribution in [0.25, 0.3) is 5.69 Å². The van der Waals surface area contributed by atoms with Crippen molar-refractivity contribution in [2.75, 3.05) is 25.5 Å². The molecule has 2 heterocycles. The zero-order valence-corrected chi connectivity index (χ0v) is 24.6. The summed E-state index contributed by atoms with van der Waals surface area (Å²) >= 11 is 0. The van der Waals surface area contributed by atoms with E-state index in [1.165, 1.54) is 29.9 Å². The molecule has 1 saturated heterocycles. The van der Waals surface area contributed by atoms with Gasteiger partial charge in [0.2, 0.25) is 0 Å². The van der Waals surface area contributed by atoms with Crippen molar-refractivity contribution in [1.82, 2.24) is 19.6 Å². The number of nitrogens with zero attached hydrogens (tertiary/aromatic N) is 4. The highest BCUT2D eigenvalue weighted by molar-refractivity contribution is 6.05. The quantitative estimate of drug-likeness (QED) is 0.179. The second kappa shape index (κ2) is 12.9. The summed E-state index contributed by atoms with van der Waals surface area (Å²) in [5, 5.41) is 15.7. The summed E-state index contributed by atoms with van der Waals surface area (Å²) in [4.78, 5) is 44.7. The van der Waals surface area contributed by atoms with E-state index >= 15 is 0 Å². The van der Waals surface area contributed by atoms with Gasteiger partial charge in [0.05, 0.1) is 23.5 Å². The maximum absolute atomic E-state index is 15.0. The van der Waals surface area contributed by atoms with Crippen LogP contribution in [0.5, 0.6) is 5.75 Å². The molecular formula is C30H36FN7O5. The molecule has 0 spiro atoms. The molecule has 1 fully saturated rings. The van der Waals surface area contributed by atoms with Gasteiger partial charge < -0.3 is 25.8 Å². The molecule has 1 aromatic heterocycles. The average Bonchev–Trinajstić information content (AvgIpc) is 3.56. The topological polar surface area (TPSA) is 156 Å². The Balaban J connectivity index is 1.51. The molecule has 5 N–H and O–H groups in total. The number of aliphatic hydroxyl groups is 1. The Bertz CT molecular complexity index is 1610. The fourth-order valence-electron chi connectivity index (χ4n) is 4.70. The van der Waals surface area contributed by atoms with Crippen LogP contribution in [-0.2, 0) is 6.54 Å². The number of amidine groups is 1. The maximum Gasteiger partial charge on any atom is 0.322 e. The van der Waals surface area contributed by atoms with Crippen molar-refractivity contribution in [2.24, 2.45) is 10.7 Å². The monoisotopic (exact) mass is 593 g/mol. The summed E-state index contributed by atoms with van der Waals surface area (Å²) < 4.78 is 23.2. The van der Waals surface area contributed by atoms with Gasteiger partial charge in [-0.05, 0) is 57.9 Å². The zero-order valence-electron chi connectivity index (χ0n) is 24.6. The van der Waals surface area contributed by atoms with Crippen LogP contribution < -0.4 is 26.7 Å². The van der Waals surface area contributed by atoms with Gasteiger partial charge in [-0.2, -0.15) is 0 Å². The molecule has 1 aliphatic heterocycles. The van der Waals surface area contributed by atoms with Crippen LogP contribution in [0.15, 0.2) is 70.3 Å². The summed E-state index contributed by atoms with van der Waals surface area (Å²) in [7, 11) is 1.47. The van der Waals surface area contributed by atoms with E-state index in [4.69, 9.17) is 10.5 Å². The van der Waals surface area contributed by atoms with Crippen molar-refractivity contribution in [3.05, 3.63) is 87.9 Å². The average molecular weight is 594 g/mol. The lowest BCUT2D eigenvalue weighted by molar-refractivity contribution is 0.0546. The van der Waals surface area contributed by atoms with Gasteiger partial charge >= 0.3 is 6.03 Å². The molecule has 0 aliphatic carbocycles. The van der Waals surface area contributed by atoms with Gasteiger partial charge in [-0.25, -0.2) is 13.9 Å². The predicted octanol–water partition coefficient (Wildman–Crippen LogP) is 3.12. The smallest absolute Gasteiger partial charge is 0.322 e. The third-order valence-electron chi connectivity index (χ3n) is 6.73. The number of hydrogen-bond acceptors (Lipinski definition) is 7. The van der Waals surface area contributed by atoms with Crippen LogP contribution in [0.1, 0.15) is 42.7 Å². The van der Waals surface area contributed by atoms with Gasteiger partial charge in [-0.15, -0.1) is 0 Å². The number of amides is 3. The van der Waals surface area contributed by atoms with Gasteiger partial charge in [0.25, 0.3) is 11.5 Å². The molecule has 1 aliphatic rings. The van der Waals surface area contributed by atoms with Crippen molar-refractivity contribution in [2.45, 2.75) is 45.8 Å². The van der Waals surface area contributed by atoms with E-state index in [2.05, 4.69) is 15.6 Å². The fourth-order valence-corrected chi connectivity index (χ4v) is 4.70. The lowest BCUT2D eigenvalue weighted by atomic mass is 10.1. The summed E-state index contributed by atoms with van der Waals surface area (Å²) in [6.45, 7) is 6.15. The minimum Gasteiger partial charge on any atom is -0.438 e. The van der Waals surface area contributed by atoms with Crippen LogP contribution >= 0.6 is 0 Å². The minimum atomic E-state index is -1.18. The SMILES string of the molecule is CN=C(C=C(N)Oc1ccc(NC(=O)c2c(C)n(CC(C)(C)O)n(-c3ccccc3)c2=O)cc1F)NC(=O)N1CCCC1. The largest absolute Gasteiger partial charge is 0.438 e. The number of aromatic nitrogens is 2. The minimum absolute atomic E-state index is 0.0399. The number of nitrogens with two attached hydrogens (primary N) is 1. The summed E-state index contributed by atoms with van der Waals surface area (Å²) in [5.41, 5.74) is 4.92. The Morgan fingerprint density at radius 2 is 1.84 bits per heavy atom. The van der Waals surface area contributed by atoms with Crippen LogP contribution in [0.4, 0.5) is 14.9 Å². The van der Waals surface area contributed by atoms with Crippen molar-refractivity contribution >= 4 is 23.5 Å². The maximum atomic E-state index is 15.0. The first-order chi connectivity index (χ1) is 20.4. The second-order valence-electron chi connectivity index (χ2n) is 10.8. The molecule has 2 aromatic carbocycles. The number of benzene rings is 2. The number of carbonyl (C=O) groups is 2. The van der Waals surface area contributed by atoms with Crippen molar-refractivity contribution in [3.63, 3.8) is 0 Å². The first kappa shape index (κ1) is 31.0. The predicted molar refractivity (Wildman–Crippen MR) is 161 cm³/mol.